The summed E-state index contributed by atoms with van der Waals surface area (Å²) >= 11 is 0. The van der Waals surface area contributed by atoms with Crippen molar-refractivity contribution in [2.75, 3.05) is 26.4 Å². The van der Waals surface area contributed by atoms with Gasteiger partial charge in [-0.05, 0) is 18.6 Å². The first-order valence-electron chi connectivity index (χ1n) is 6.30. The van der Waals surface area contributed by atoms with Crippen molar-refractivity contribution in [3.8, 4) is 0 Å². The van der Waals surface area contributed by atoms with Gasteiger partial charge >= 0.3 is 0 Å². The summed E-state index contributed by atoms with van der Waals surface area (Å²) in [6.45, 7) is 1.62. The smallest absolute Gasteiger partial charge is 0.208 e. The number of aromatic nitrogens is 1. The van der Waals surface area contributed by atoms with Gasteiger partial charge < -0.3 is 10.6 Å². The second kappa shape index (κ2) is 10.7. The summed E-state index contributed by atoms with van der Waals surface area (Å²) in [5.74, 6) is 0.662. The number of sulfonamides is 1. The lowest BCUT2D eigenvalue weighted by Gasteiger charge is -2.11. The molecule has 0 saturated carbocycles. The van der Waals surface area contributed by atoms with E-state index in [0.29, 0.717) is 32.0 Å². The predicted molar refractivity (Wildman–Crippen MR) is 95.3 cm³/mol. The van der Waals surface area contributed by atoms with Crippen LogP contribution >= 0.6 is 24.0 Å². The van der Waals surface area contributed by atoms with Crippen molar-refractivity contribution in [1.29, 1.82) is 0 Å². The maximum Gasteiger partial charge on any atom is 0.208 e. The number of hydrogen-bond acceptors (Lipinski definition) is 4. The van der Waals surface area contributed by atoms with E-state index in [2.05, 4.69) is 25.3 Å². The Hall–Kier alpha value is -0.940. The molecule has 7 nitrogen and oxygen atoms in total. The number of hydrogen-bond donors (Lipinski definition) is 3. The minimum Gasteiger partial charge on any atom is -0.356 e. The van der Waals surface area contributed by atoms with Gasteiger partial charge in [-0.3, -0.25) is 9.98 Å². The molecule has 0 spiro atoms. The van der Waals surface area contributed by atoms with E-state index in [1.165, 1.54) is 0 Å². The molecule has 1 heterocycles. The van der Waals surface area contributed by atoms with Gasteiger partial charge in [-0.1, -0.05) is 6.07 Å². The third-order valence-electron chi connectivity index (χ3n) is 2.40. The molecule has 0 bridgehead atoms. The highest BCUT2D eigenvalue weighted by molar-refractivity contribution is 14.0. The Kier molecular flexibility index (Phi) is 10.3. The zero-order valence-corrected chi connectivity index (χ0v) is 15.3. The van der Waals surface area contributed by atoms with Crippen LogP contribution in [0.25, 0.3) is 0 Å². The molecule has 0 aromatic carbocycles. The van der Waals surface area contributed by atoms with E-state index in [9.17, 15) is 8.42 Å². The predicted octanol–water partition coefficient (Wildman–Crippen LogP) is 0.304. The van der Waals surface area contributed by atoms with Crippen LogP contribution < -0.4 is 15.4 Å². The fourth-order valence-corrected chi connectivity index (χ4v) is 1.97. The lowest BCUT2D eigenvalue weighted by Crippen LogP contribution is -2.38. The van der Waals surface area contributed by atoms with Crippen LogP contribution in [0.4, 0.5) is 0 Å². The number of halogens is 1. The summed E-state index contributed by atoms with van der Waals surface area (Å²) in [5.41, 5.74) is 0.925. The standard InChI is InChI=1S/C12H21N5O2S.HI/c1-13-12(15-8-5-9-17-20(2,18)19)16-10-11-6-3-4-7-14-11;/h3-4,6-7,17H,5,8-10H2,1-2H3,(H2,13,15,16);1H. The van der Waals surface area contributed by atoms with Gasteiger partial charge in [0.05, 0.1) is 18.5 Å². The van der Waals surface area contributed by atoms with Gasteiger partial charge in [0.25, 0.3) is 0 Å². The van der Waals surface area contributed by atoms with Gasteiger partial charge in [-0.15, -0.1) is 24.0 Å². The molecule has 0 aliphatic heterocycles. The monoisotopic (exact) mass is 427 g/mol. The summed E-state index contributed by atoms with van der Waals surface area (Å²) in [7, 11) is -1.43. The SMILES string of the molecule is CN=C(NCCCNS(C)(=O)=O)NCc1ccccn1.I. The minimum atomic E-state index is -3.11. The normalized spacial score (nSPS) is 11.6. The molecule has 3 N–H and O–H groups in total. The molecule has 21 heavy (non-hydrogen) atoms. The Labute approximate surface area is 143 Å². The molecule has 0 aliphatic rings. The van der Waals surface area contributed by atoms with Gasteiger partial charge in [0.15, 0.2) is 5.96 Å². The van der Waals surface area contributed by atoms with Crippen molar-refractivity contribution in [3.05, 3.63) is 30.1 Å². The number of nitrogens with one attached hydrogen (secondary N) is 3. The molecular weight excluding hydrogens is 405 g/mol. The molecule has 0 unspecified atom stereocenters. The van der Waals surface area contributed by atoms with Crippen LogP contribution in [0.5, 0.6) is 0 Å². The van der Waals surface area contributed by atoms with Crippen molar-refractivity contribution < 1.29 is 8.42 Å². The number of guanidine groups is 1. The molecule has 0 saturated heterocycles. The summed E-state index contributed by atoms with van der Waals surface area (Å²) in [6, 6.07) is 5.72. The second-order valence-electron chi connectivity index (χ2n) is 4.19. The van der Waals surface area contributed by atoms with E-state index >= 15 is 0 Å². The molecule has 0 fully saturated rings. The van der Waals surface area contributed by atoms with E-state index in [1.807, 2.05) is 18.2 Å². The van der Waals surface area contributed by atoms with Gasteiger partial charge in [0.1, 0.15) is 0 Å². The van der Waals surface area contributed by atoms with E-state index in [-0.39, 0.29) is 24.0 Å². The number of rotatable bonds is 7. The fourth-order valence-electron chi connectivity index (χ4n) is 1.45. The quantitative estimate of drug-likeness (QED) is 0.252. The molecule has 1 aromatic rings. The molecular formula is C12H22IN5O2S. The van der Waals surface area contributed by atoms with E-state index in [4.69, 9.17) is 0 Å². The first kappa shape index (κ1) is 20.1. The van der Waals surface area contributed by atoms with E-state index < -0.39 is 10.0 Å². The van der Waals surface area contributed by atoms with E-state index in [0.717, 1.165) is 11.9 Å². The van der Waals surface area contributed by atoms with Crippen LogP contribution in [-0.4, -0.2) is 45.8 Å². The van der Waals surface area contributed by atoms with Crippen LogP contribution in [0, 0.1) is 0 Å². The van der Waals surface area contributed by atoms with Crippen LogP contribution in [0.2, 0.25) is 0 Å². The number of aliphatic imine (C=N–C) groups is 1. The highest BCUT2D eigenvalue weighted by Gasteiger charge is 2.00. The van der Waals surface area contributed by atoms with Crippen molar-refractivity contribution in [1.82, 2.24) is 20.3 Å². The Balaban J connectivity index is 0.00000400. The average molecular weight is 427 g/mol. The van der Waals surface area contributed by atoms with Crippen molar-refractivity contribution in [2.45, 2.75) is 13.0 Å². The van der Waals surface area contributed by atoms with Crippen LogP contribution in [-0.2, 0) is 16.6 Å². The molecule has 0 aliphatic carbocycles. The van der Waals surface area contributed by atoms with Crippen molar-refractivity contribution >= 4 is 40.0 Å². The van der Waals surface area contributed by atoms with Gasteiger partial charge in [0, 0.05) is 26.3 Å². The maximum atomic E-state index is 10.9. The van der Waals surface area contributed by atoms with Crippen molar-refractivity contribution in [3.63, 3.8) is 0 Å². The first-order chi connectivity index (χ1) is 9.51. The number of nitrogens with zero attached hydrogens (tertiary/aromatic N) is 2. The molecule has 1 rings (SSSR count). The second-order valence-corrected chi connectivity index (χ2v) is 6.03. The van der Waals surface area contributed by atoms with Crippen molar-refractivity contribution in [2.24, 2.45) is 4.99 Å². The zero-order chi connectivity index (χ0) is 14.8. The third kappa shape index (κ3) is 10.4. The van der Waals surface area contributed by atoms with Crippen LogP contribution in [0.1, 0.15) is 12.1 Å². The summed E-state index contributed by atoms with van der Waals surface area (Å²) in [6.07, 6.45) is 3.56. The molecule has 9 heteroatoms. The molecule has 0 amide bonds. The average Bonchev–Trinajstić information content (AvgIpc) is 2.42. The molecule has 120 valence electrons. The highest BCUT2D eigenvalue weighted by atomic mass is 127. The lowest BCUT2D eigenvalue weighted by molar-refractivity contribution is 0.584. The first-order valence-corrected chi connectivity index (χ1v) is 8.19. The summed E-state index contributed by atoms with van der Waals surface area (Å²) in [5, 5.41) is 6.23. The van der Waals surface area contributed by atoms with E-state index in [1.54, 1.807) is 13.2 Å². The van der Waals surface area contributed by atoms with Crippen LogP contribution in [0.15, 0.2) is 29.4 Å². The number of pyridine rings is 1. The topological polar surface area (TPSA) is 95.5 Å². The molecule has 0 atom stereocenters. The van der Waals surface area contributed by atoms with Gasteiger partial charge in [-0.2, -0.15) is 0 Å². The zero-order valence-electron chi connectivity index (χ0n) is 12.2. The Morgan fingerprint density at radius 2 is 2.05 bits per heavy atom. The fraction of sp³-hybridized carbons (Fsp3) is 0.500. The highest BCUT2D eigenvalue weighted by Crippen LogP contribution is 1.91. The molecule has 0 radical (unpaired) electrons. The lowest BCUT2D eigenvalue weighted by atomic mass is 10.3. The Morgan fingerprint density at radius 1 is 1.29 bits per heavy atom. The largest absolute Gasteiger partial charge is 0.356 e. The third-order valence-corrected chi connectivity index (χ3v) is 3.13. The van der Waals surface area contributed by atoms with Gasteiger partial charge in [0.2, 0.25) is 10.0 Å². The Morgan fingerprint density at radius 3 is 2.62 bits per heavy atom. The minimum absolute atomic E-state index is 0. The summed E-state index contributed by atoms with van der Waals surface area (Å²) < 4.78 is 24.2. The summed E-state index contributed by atoms with van der Waals surface area (Å²) in [4.78, 5) is 8.28. The maximum absolute atomic E-state index is 10.9. The Bertz CT molecular complexity index is 522. The molecule has 1 aromatic heterocycles. The van der Waals surface area contributed by atoms with Gasteiger partial charge in [-0.25, -0.2) is 13.1 Å². The van der Waals surface area contributed by atoms with Crippen LogP contribution in [0.3, 0.4) is 0 Å².